The summed E-state index contributed by atoms with van der Waals surface area (Å²) in [4.78, 5) is 21.7. The molecule has 0 saturated heterocycles. The van der Waals surface area contributed by atoms with E-state index in [1.165, 1.54) is 31.3 Å². The molecule has 6 nitrogen and oxygen atoms in total. The summed E-state index contributed by atoms with van der Waals surface area (Å²) >= 11 is 0. The van der Waals surface area contributed by atoms with Gasteiger partial charge in [-0.25, -0.2) is 13.2 Å². The lowest BCUT2D eigenvalue weighted by Crippen LogP contribution is -2.25. The summed E-state index contributed by atoms with van der Waals surface area (Å²) in [6.07, 6.45) is 1.01. The maximum atomic E-state index is 11.3. The molecule has 0 spiro atoms. The van der Waals surface area contributed by atoms with Crippen molar-refractivity contribution >= 4 is 27.5 Å². The molecule has 0 saturated carbocycles. The number of ketones is 1. The number of Topliss-reactive ketones (excluding diaryl/α,β-unsaturated/α-hetero) is 1. The molecule has 1 rings (SSSR count). The van der Waals surface area contributed by atoms with E-state index < -0.39 is 21.8 Å². The molecule has 0 aliphatic carbocycles. The minimum absolute atomic E-state index is 0.0644. The first-order valence-electron chi connectivity index (χ1n) is 4.55. The zero-order valence-electron chi connectivity index (χ0n) is 9.25. The number of anilines is 1. The van der Waals surface area contributed by atoms with Crippen LogP contribution in [0.4, 0.5) is 5.69 Å². The number of hydrogen-bond donors (Lipinski definition) is 1. The van der Waals surface area contributed by atoms with Crippen LogP contribution in [-0.2, 0) is 14.8 Å². The highest BCUT2D eigenvalue weighted by Gasteiger charge is 2.17. The Morgan fingerprint density at radius 3 is 2.35 bits per heavy atom. The van der Waals surface area contributed by atoms with Gasteiger partial charge >= 0.3 is 5.97 Å². The van der Waals surface area contributed by atoms with Crippen molar-refractivity contribution in [3.8, 4) is 0 Å². The van der Waals surface area contributed by atoms with Gasteiger partial charge in [0.1, 0.15) is 0 Å². The third-order valence-electron chi connectivity index (χ3n) is 2.16. The second-order valence-electron chi connectivity index (χ2n) is 3.42. The number of carboxylic acid groups (broad SMARTS) is 1. The van der Waals surface area contributed by atoms with E-state index in [-0.39, 0.29) is 11.3 Å². The average Bonchev–Trinajstić information content (AvgIpc) is 2.25. The highest BCUT2D eigenvalue weighted by Crippen LogP contribution is 2.17. The van der Waals surface area contributed by atoms with Gasteiger partial charge in [0.05, 0.1) is 11.9 Å². The molecule has 0 amide bonds. The zero-order chi connectivity index (χ0) is 13.2. The van der Waals surface area contributed by atoms with Gasteiger partial charge in [-0.1, -0.05) is 12.1 Å². The van der Waals surface area contributed by atoms with Crippen LogP contribution < -0.4 is 4.31 Å². The lowest BCUT2D eigenvalue weighted by molar-refractivity contribution is -0.131. The maximum absolute atomic E-state index is 11.3. The molecule has 17 heavy (non-hydrogen) atoms. The van der Waals surface area contributed by atoms with Crippen molar-refractivity contribution in [2.45, 2.75) is 0 Å². The Morgan fingerprint density at radius 2 is 1.88 bits per heavy atom. The third kappa shape index (κ3) is 3.04. The minimum Gasteiger partial charge on any atom is -0.475 e. The van der Waals surface area contributed by atoms with E-state index >= 15 is 0 Å². The van der Waals surface area contributed by atoms with Crippen molar-refractivity contribution in [1.29, 1.82) is 0 Å². The van der Waals surface area contributed by atoms with Crippen LogP contribution in [0.3, 0.4) is 0 Å². The molecule has 0 unspecified atom stereocenters. The summed E-state index contributed by atoms with van der Waals surface area (Å²) in [5.74, 6) is -2.65. The first-order valence-corrected chi connectivity index (χ1v) is 6.40. The third-order valence-corrected chi connectivity index (χ3v) is 3.37. The Morgan fingerprint density at radius 1 is 1.29 bits per heavy atom. The van der Waals surface area contributed by atoms with Crippen LogP contribution in [-0.4, -0.2) is 38.6 Å². The smallest absolute Gasteiger partial charge is 0.377 e. The van der Waals surface area contributed by atoms with Crippen LogP contribution in [0, 0.1) is 0 Å². The van der Waals surface area contributed by atoms with Crippen LogP contribution in [0.2, 0.25) is 0 Å². The molecule has 1 N–H and O–H groups in total. The number of sulfonamides is 1. The van der Waals surface area contributed by atoms with Gasteiger partial charge in [0.25, 0.3) is 5.78 Å². The fourth-order valence-electron chi connectivity index (χ4n) is 1.16. The van der Waals surface area contributed by atoms with E-state index in [0.29, 0.717) is 0 Å². The second kappa shape index (κ2) is 4.54. The van der Waals surface area contributed by atoms with Crippen LogP contribution in [0.15, 0.2) is 24.3 Å². The van der Waals surface area contributed by atoms with Crippen LogP contribution >= 0.6 is 0 Å². The predicted octanol–water partition coefficient (Wildman–Crippen LogP) is 0.350. The Balaban J connectivity index is 3.19. The minimum atomic E-state index is -3.44. The van der Waals surface area contributed by atoms with Gasteiger partial charge in [-0.05, 0) is 12.1 Å². The Bertz CT molecular complexity index is 564. The van der Waals surface area contributed by atoms with Crippen molar-refractivity contribution in [2.24, 2.45) is 0 Å². The van der Waals surface area contributed by atoms with E-state index in [0.717, 1.165) is 10.6 Å². The molecule has 0 aliphatic heterocycles. The van der Waals surface area contributed by atoms with Gasteiger partial charge in [0.2, 0.25) is 10.0 Å². The molecule has 1 aromatic carbocycles. The standard InChI is InChI=1S/C10H11NO5S/c1-11(17(2,15)16)8-5-3-4-7(6-8)9(12)10(13)14/h3-6H,1-2H3,(H,13,14). The molecule has 0 atom stereocenters. The van der Waals surface area contributed by atoms with Crippen molar-refractivity contribution in [1.82, 2.24) is 0 Å². The molecule has 0 fully saturated rings. The predicted molar refractivity (Wildman–Crippen MR) is 61.7 cm³/mol. The highest BCUT2D eigenvalue weighted by atomic mass is 32.2. The largest absolute Gasteiger partial charge is 0.475 e. The molecule has 0 heterocycles. The Kier molecular flexibility index (Phi) is 3.52. The summed E-state index contributed by atoms with van der Waals surface area (Å²) < 4.78 is 23.5. The Hall–Kier alpha value is -1.89. The van der Waals surface area contributed by atoms with Crippen LogP contribution in [0.5, 0.6) is 0 Å². The van der Waals surface area contributed by atoms with E-state index in [4.69, 9.17) is 5.11 Å². The number of carbonyl (C=O) groups excluding carboxylic acids is 1. The fourth-order valence-corrected chi connectivity index (χ4v) is 1.65. The number of carbonyl (C=O) groups is 2. The molecular formula is C10H11NO5S. The lowest BCUT2D eigenvalue weighted by atomic mass is 10.1. The summed E-state index contributed by atoms with van der Waals surface area (Å²) in [6.45, 7) is 0. The molecule has 92 valence electrons. The van der Waals surface area contributed by atoms with E-state index in [9.17, 15) is 18.0 Å². The maximum Gasteiger partial charge on any atom is 0.377 e. The van der Waals surface area contributed by atoms with Gasteiger partial charge < -0.3 is 5.11 Å². The summed E-state index contributed by atoms with van der Waals surface area (Å²) in [7, 11) is -2.12. The van der Waals surface area contributed by atoms with Crippen molar-refractivity contribution in [3.05, 3.63) is 29.8 Å². The van der Waals surface area contributed by atoms with E-state index in [2.05, 4.69) is 0 Å². The SMILES string of the molecule is CN(c1cccc(C(=O)C(=O)O)c1)S(C)(=O)=O. The number of benzene rings is 1. The number of aliphatic carboxylic acids is 1. The molecule has 0 bridgehead atoms. The first-order chi connectivity index (χ1) is 7.73. The van der Waals surface area contributed by atoms with Crippen LogP contribution in [0.1, 0.15) is 10.4 Å². The second-order valence-corrected chi connectivity index (χ2v) is 5.43. The van der Waals surface area contributed by atoms with E-state index in [1.807, 2.05) is 0 Å². The molecule has 0 aromatic heterocycles. The van der Waals surface area contributed by atoms with Gasteiger partial charge in [0.15, 0.2) is 0 Å². The van der Waals surface area contributed by atoms with Crippen molar-refractivity contribution in [2.75, 3.05) is 17.6 Å². The van der Waals surface area contributed by atoms with Gasteiger partial charge in [0, 0.05) is 12.6 Å². The summed E-state index contributed by atoms with van der Waals surface area (Å²) in [6, 6.07) is 5.43. The normalized spacial score (nSPS) is 10.9. The first kappa shape index (κ1) is 13.2. The number of nitrogens with zero attached hydrogens (tertiary/aromatic N) is 1. The van der Waals surface area contributed by atoms with Gasteiger partial charge in [-0.15, -0.1) is 0 Å². The molecule has 7 heteroatoms. The molecule has 0 aliphatic rings. The summed E-state index contributed by atoms with van der Waals surface area (Å²) in [5.41, 5.74) is 0.171. The summed E-state index contributed by atoms with van der Waals surface area (Å²) in [5, 5.41) is 8.54. The van der Waals surface area contributed by atoms with Crippen LogP contribution in [0.25, 0.3) is 0 Å². The lowest BCUT2D eigenvalue weighted by Gasteiger charge is -2.16. The molecular weight excluding hydrogens is 246 g/mol. The number of carboxylic acids is 1. The zero-order valence-corrected chi connectivity index (χ0v) is 10.1. The van der Waals surface area contributed by atoms with Crippen molar-refractivity contribution in [3.63, 3.8) is 0 Å². The monoisotopic (exact) mass is 257 g/mol. The topological polar surface area (TPSA) is 91.8 Å². The highest BCUT2D eigenvalue weighted by molar-refractivity contribution is 7.92. The average molecular weight is 257 g/mol. The fraction of sp³-hybridized carbons (Fsp3) is 0.200. The quantitative estimate of drug-likeness (QED) is 0.620. The number of hydrogen-bond acceptors (Lipinski definition) is 4. The van der Waals surface area contributed by atoms with E-state index in [1.54, 1.807) is 0 Å². The van der Waals surface area contributed by atoms with Crippen molar-refractivity contribution < 1.29 is 23.1 Å². The van der Waals surface area contributed by atoms with Gasteiger partial charge in [-0.2, -0.15) is 0 Å². The molecule has 0 radical (unpaired) electrons. The number of rotatable bonds is 4. The molecule has 1 aromatic rings. The Labute approximate surface area is 98.5 Å². The van der Waals surface area contributed by atoms with Gasteiger partial charge in [-0.3, -0.25) is 9.10 Å².